The standard InChI is InChI=1S/C23H30FN3O4S/c1-15-20(27-19-6-5-17(11-18(19)24)32(4,28)29)25-14-26-21(15)31-16-7-9-23(10-8-16)12-22(2,3)30-13-23/h5-6,11,14,16H,7-10,12-13H2,1-4H3,(H,25,26,27). The number of hydrogen-bond acceptors (Lipinski definition) is 7. The summed E-state index contributed by atoms with van der Waals surface area (Å²) in [5, 5.41) is 2.93. The van der Waals surface area contributed by atoms with Gasteiger partial charge in [-0.25, -0.2) is 22.8 Å². The van der Waals surface area contributed by atoms with E-state index in [1.165, 1.54) is 18.5 Å². The minimum atomic E-state index is -3.48. The fraction of sp³-hybridized carbons (Fsp3) is 0.565. The SMILES string of the molecule is Cc1c(Nc2ccc(S(C)(=O)=O)cc2F)ncnc1OC1CCC2(CC1)COC(C)(C)C2. The smallest absolute Gasteiger partial charge is 0.221 e. The highest BCUT2D eigenvalue weighted by molar-refractivity contribution is 7.90. The molecule has 2 fully saturated rings. The molecule has 0 radical (unpaired) electrons. The molecule has 1 N–H and O–H groups in total. The molecule has 1 saturated carbocycles. The van der Waals surface area contributed by atoms with Crippen molar-refractivity contribution in [3.63, 3.8) is 0 Å². The first-order valence-corrected chi connectivity index (χ1v) is 12.7. The Morgan fingerprint density at radius 1 is 1.22 bits per heavy atom. The van der Waals surface area contributed by atoms with Crippen molar-refractivity contribution < 1.29 is 22.3 Å². The van der Waals surface area contributed by atoms with Crippen molar-refractivity contribution >= 4 is 21.3 Å². The van der Waals surface area contributed by atoms with Crippen LogP contribution in [0.4, 0.5) is 15.9 Å². The van der Waals surface area contributed by atoms with Crippen LogP contribution in [-0.2, 0) is 14.6 Å². The fourth-order valence-corrected chi connectivity index (χ4v) is 5.42. The number of nitrogens with one attached hydrogen (secondary N) is 1. The molecule has 4 rings (SSSR count). The lowest BCUT2D eigenvalue weighted by molar-refractivity contribution is 0.0228. The van der Waals surface area contributed by atoms with Crippen molar-refractivity contribution in [2.75, 3.05) is 18.2 Å². The zero-order chi connectivity index (χ0) is 23.1. The van der Waals surface area contributed by atoms with Gasteiger partial charge in [-0.1, -0.05) is 0 Å². The van der Waals surface area contributed by atoms with E-state index in [1.807, 2.05) is 6.92 Å². The van der Waals surface area contributed by atoms with Crippen molar-refractivity contribution in [2.45, 2.75) is 69.5 Å². The van der Waals surface area contributed by atoms with Crippen molar-refractivity contribution in [1.82, 2.24) is 9.97 Å². The molecule has 1 aromatic heterocycles. The van der Waals surface area contributed by atoms with Gasteiger partial charge in [0.05, 0.1) is 28.4 Å². The second-order valence-electron chi connectivity index (χ2n) is 9.73. The first kappa shape index (κ1) is 22.9. The number of aromatic nitrogens is 2. The number of rotatable bonds is 5. The Bertz CT molecular complexity index is 1110. The second-order valence-corrected chi connectivity index (χ2v) is 11.7. The number of ether oxygens (including phenoxy) is 2. The molecule has 2 aromatic rings. The van der Waals surface area contributed by atoms with Gasteiger partial charge in [0.2, 0.25) is 5.88 Å². The predicted molar refractivity (Wildman–Crippen MR) is 120 cm³/mol. The summed E-state index contributed by atoms with van der Waals surface area (Å²) in [5.74, 6) is 0.214. The van der Waals surface area contributed by atoms with Crippen molar-refractivity contribution in [1.29, 1.82) is 0 Å². The van der Waals surface area contributed by atoms with Gasteiger partial charge in [-0.15, -0.1) is 0 Å². The Morgan fingerprint density at radius 2 is 1.94 bits per heavy atom. The van der Waals surface area contributed by atoms with E-state index in [1.54, 1.807) is 0 Å². The van der Waals surface area contributed by atoms with Gasteiger partial charge in [0.1, 0.15) is 24.1 Å². The zero-order valence-corrected chi connectivity index (χ0v) is 19.8. The summed E-state index contributed by atoms with van der Waals surface area (Å²) in [6, 6.07) is 3.75. The molecule has 32 heavy (non-hydrogen) atoms. The van der Waals surface area contributed by atoms with Crippen LogP contribution in [0.5, 0.6) is 5.88 Å². The lowest BCUT2D eigenvalue weighted by atomic mass is 9.70. The lowest BCUT2D eigenvalue weighted by Gasteiger charge is -2.36. The van der Waals surface area contributed by atoms with E-state index in [0.717, 1.165) is 51.0 Å². The summed E-state index contributed by atoms with van der Waals surface area (Å²) in [6.07, 6.45) is 7.57. The van der Waals surface area contributed by atoms with Gasteiger partial charge < -0.3 is 14.8 Å². The molecule has 1 aliphatic carbocycles. The number of anilines is 2. The van der Waals surface area contributed by atoms with Crippen LogP contribution in [0.15, 0.2) is 29.4 Å². The highest BCUT2D eigenvalue weighted by Gasteiger charge is 2.46. The maximum atomic E-state index is 14.5. The van der Waals surface area contributed by atoms with Crippen LogP contribution in [0, 0.1) is 18.2 Å². The Labute approximate surface area is 188 Å². The van der Waals surface area contributed by atoms with Crippen molar-refractivity contribution in [3.8, 4) is 5.88 Å². The molecule has 1 aromatic carbocycles. The van der Waals surface area contributed by atoms with Gasteiger partial charge in [-0.2, -0.15) is 0 Å². The van der Waals surface area contributed by atoms with Gasteiger partial charge in [0.25, 0.3) is 0 Å². The molecule has 174 valence electrons. The molecular weight excluding hydrogens is 433 g/mol. The summed E-state index contributed by atoms with van der Waals surface area (Å²) in [7, 11) is -3.48. The first-order chi connectivity index (χ1) is 15.0. The fourth-order valence-electron chi connectivity index (χ4n) is 4.79. The van der Waals surface area contributed by atoms with Crippen LogP contribution < -0.4 is 10.1 Å². The van der Waals surface area contributed by atoms with Gasteiger partial charge in [-0.3, -0.25) is 0 Å². The molecule has 1 saturated heterocycles. The van der Waals surface area contributed by atoms with E-state index < -0.39 is 15.7 Å². The van der Waals surface area contributed by atoms with E-state index in [4.69, 9.17) is 9.47 Å². The molecule has 2 aliphatic rings. The van der Waals surface area contributed by atoms with Crippen LogP contribution in [-0.4, -0.2) is 43.0 Å². The summed E-state index contributed by atoms with van der Waals surface area (Å²) >= 11 is 0. The molecule has 1 aliphatic heterocycles. The van der Waals surface area contributed by atoms with Crippen molar-refractivity contribution in [3.05, 3.63) is 35.9 Å². The summed E-state index contributed by atoms with van der Waals surface area (Å²) in [6.45, 7) is 6.94. The summed E-state index contributed by atoms with van der Waals surface area (Å²) < 4.78 is 49.9. The normalized spacial score (nSPS) is 25.1. The lowest BCUT2D eigenvalue weighted by Crippen LogP contribution is -2.33. The largest absolute Gasteiger partial charge is 0.474 e. The molecule has 1 spiro atoms. The second kappa shape index (κ2) is 8.26. The van der Waals surface area contributed by atoms with Gasteiger partial charge in [0.15, 0.2) is 9.84 Å². The highest BCUT2D eigenvalue weighted by atomic mass is 32.2. The maximum absolute atomic E-state index is 14.5. The maximum Gasteiger partial charge on any atom is 0.221 e. The minimum Gasteiger partial charge on any atom is -0.474 e. The Hall–Kier alpha value is -2.26. The highest BCUT2D eigenvalue weighted by Crippen LogP contribution is 2.49. The van der Waals surface area contributed by atoms with Crippen LogP contribution in [0.3, 0.4) is 0 Å². The van der Waals surface area contributed by atoms with E-state index in [-0.39, 0.29) is 27.7 Å². The van der Waals surface area contributed by atoms with E-state index in [9.17, 15) is 12.8 Å². The van der Waals surface area contributed by atoms with E-state index >= 15 is 0 Å². The molecular formula is C23H30FN3O4S. The number of nitrogens with zero attached hydrogens (tertiary/aromatic N) is 2. The molecule has 0 atom stereocenters. The molecule has 0 amide bonds. The van der Waals surface area contributed by atoms with E-state index in [2.05, 4.69) is 29.1 Å². The number of hydrogen-bond donors (Lipinski definition) is 1. The van der Waals surface area contributed by atoms with Gasteiger partial charge in [-0.05, 0) is 76.5 Å². The number of sulfone groups is 1. The average Bonchev–Trinajstić information content (AvgIpc) is 3.01. The topological polar surface area (TPSA) is 90.4 Å². The molecule has 0 bridgehead atoms. The number of benzene rings is 1. The molecule has 0 unspecified atom stereocenters. The van der Waals surface area contributed by atoms with Crippen molar-refractivity contribution in [2.24, 2.45) is 5.41 Å². The zero-order valence-electron chi connectivity index (χ0n) is 18.9. The third-order valence-electron chi connectivity index (χ3n) is 6.50. The minimum absolute atomic E-state index is 0.0493. The summed E-state index contributed by atoms with van der Waals surface area (Å²) in [4.78, 5) is 8.42. The van der Waals surface area contributed by atoms with E-state index in [0.29, 0.717) is 17.3 Å². The number of halogens is 1. The molecule has 2 heterocycles. The van der Waals surface area contributed by atoms with Crippen LogP contribution >= 0.6 is 0 Å². The van der Waals surface area contributed by atoms with Crippen LogP contribution in [0.1, 0.15) is 51.5 Å². The third-order valence-corrected chi connectivity index (χ3v) is 7.61. The first-order valence-electron chi connectivity index (χ1n) is 10.9. The summed E-state index contributed by atoms with van der Waals surface area (Å²) in [5.41, 5.74) is 1.01. The molecule has 9 heteroatoms. The Kier molecular flexibility index (Phi) is 5.92. The van der Waals surface area contributed by atoms with Crippen LogP contribution in [0.25, 0.3) is 0 Å². The third kappa shape index (κ3) is 4.88. The quantitative estimate of drug-likeness (QED) is 0.694. The molecule has 7 nitrogen and oxygen atoms in total. The Morgan fingerprint density at radius 3 is 2.53 bits per heavy atom. The predicted octanol–water partition coefficient (Wildman–Crippen LogP) is 4.58. The average molecular weight is 464 g/mol. The van der Waals surface area contributed by atoms with Gasteiger partial charge >= 0.3 is 0 Å². The van der Waals surface area contributed by atoms with Gasteiger partial charge in [0, 0.05) is 6.26 Å². The monoisotopic (exact) mass is 463 g/mol. The van der Waals surface area contributed by atoms with Crippen LogP contribution in [0.2, 0.25) is 0 Å². The Balaban J connectivity index is 1.44.